The Bertz CT molecular complexity index is 817. The van der Waals surface area contributed by atoms with E-state index in [1.165, 1.54) is 10.8 Å². The molecule has 3 rings (SSSR count). The fraction of sp³-hybridized carbons (Fsp3) is 0.400. The zero-order valence-electron chi connectivity index (χ0n) is 11.6. The molecule has 7 N–H and O–H groups in total. The molecule has 13 heteroatoms. The molecule has 0 saturated carbocycles. The van der Waals surface area contributed by atoms with Crippen LogP contribution in [0.4, 0.5) is 11.8 Å². The van der Waals surface area contributed by atoms with Gasteiger partial charge in [0.2, 0.25) is 5.95 Å². The third-order valence-corrected chi connectivity index (χ3v) is 3.78. The van der Waals surface area contributed by atoms with Crippen molar-refractivity contribution in [3.05, 3.63) is 11.9 Å². The summed E-state index contributed by atoms with van der Waals surface area (Å²) in [6, 6.07) is 0. The molecule has 0 amide bonds. The van der Waals surface area contributed by atoms with Crippen molar-refractivity contribution in [3.8, 4) is 0 Å². The third-order valence-electron chi connectivity index (χ3n) is 3.22. The molecule has 0 spiro atoms. The second kappa shape index (κ2) is 5.51. The molecule has 1 fully saturated rings. The van der Waals surface area contributed by atoms with E-state index in [9.17, 15) is 9.67 Å². The fourth-order valence-electron chi connectivity index (χ4n) is 2.27. The highest BCUT2D eigenvalue weighted by atomic mass is 31.2. The summed E-state index contributed by atoms with van der Waals surface area (Å²) in [5.41, 5.74) is 11.6. The second-order valence-electron chi connectivity index (χ2n) is 4.97. The highest BCUT2D eigenvalue weighted by Gasteiger charge is 2.36. The van der Waals surface area contributed by atoms with Gasteiger partial charge in [0, 0.05) is 12.2 Å². The molecule has 2 aromatic heterocycles. The van der Waals surface area contributed by atoms with E-state index in [0.717, 1.165) is 5.82 Å². The molecule has 12 nitrogen and oxygen atoms in total. The highest BCUT2D eigenvalue weighted by Crippen LogP contribution is 2.38. The number of nitrogen functional groups attached to an aromatic ring is 2. The number of aliphatic hydroxyl groups excluding tert-OH is 1. The summed E-state index contributed by atoms with van der Waals surface area (Å²) >= 11 is 0. The molecule has 2 aromatic rings. The number of rotatable bonds is 3. The van der Waals surface area contributed by atoms with E-state index in [-0.39, 0.29) is 29.4 Å². The van der Waals surface area contributed by atoms with E-state index < -0.39 is 26.0 Å². The lowest BCUT2D eigenvalue weighted by Gasteiger charge is -2.14. The van der Waals surface area contributed by atoms with Crippen molar-refractivity contribution in [2.75, 3.05) is 11.5 Å². The second-order valence-corrected chi connectivity index (χ2v) is 6.45. The predicted molar refractivity (Wildman–Crippen MR) is 77.7 cm³/mol. The van der Waals surface area contributed by atoms with Crippen molar-refractivity contribution in [2.24, 2.45) is 0 Å². The number of fused-ring (bicyclic) bond motifs is 1. The van der Waals surface area contributed by atoms with E-state index in [2.05, 4.69) is 20.3 Å². The largest absolute Gasteiger partial charge is 0.388 e. The van der Waals surface area contributed by atoms with Gasteiger partial charge < -0.3 is 31.1 Å². The van der Waals surface area contributed by atoms with E-state index >= 15 is 0 Å². The maximum atomic E-state index is 10.8. The Balaban J connectivity index is 1.91. The maximum Gasteiger partial charge on any atom is 0.348 e. The average Bonchev–Trinajstić information content (AvgIpc) is 2.99. The summed E-state index contributed by atoms with van der Waals surface area (Å²) in [6.45, 7) is 0. The van der Waals surface area contributed by atoms with Crippen LogP contribution in [0.15, 0.2) is 11.9 Å². The van der Waals surface area contributed by atoms with Crippen LogP contribution in [0.3, 0.4) is 0 Å². The number of nitrogens with two attached hydrogens (primary N) is 2. The van der Waals surface area contributed by atoms with Crippen LogP contribution in [0.1, 0.15) is 12.6 Å². The fourth-order valence-corrected chi connectivity index (χ4v) is 2.69. The first kappa shape index (κ1) is 15.8. The first-order chi connectivity index (χ1) is 10.7. The van der Waals surface area contributed by atoms with Crippen molar-refractivity contribution >= 4 is 30.5 Å². The van der Waals surface area contributed by atoms with E-state index in [4.69, 9.17) is 26.0 Å². The minimum absolute atomic E-state index is 0.0455. The van der Waals surface area contributed by atoms with Gasteiger partial charge in [-0.15, -0.1) is 5.10 Å². The molecular formula is C10H14N7O5P. The first-order valence-electron chi connectivity index (χ1n) is 6.46. The minimum atomic E-state index is -4.30. The molecule has 1 aliphatic heterocycles. The summed E-state index contributed by atoms with van der Waals surface area (Å²) in [6.07, 6.45) is -1.30. The Kier molecular flexibility index (Phi) is 3.78. The van der Waals surface area contributed by atoms with Crippen molar-refractivity contribution < 1.29 is 24.2 Å². The lowest BCUT2D eigenvalue weighted by atomic mass is 10.2. The van der Waals surface area contributed by atoms with Gasteiger partial charge in [-0.05, 0) is 6.08 Å². The van der Waals surface area contributed by atoms with Crippen LogP contribution in [-0.4, -0.2) is 52.1 Å². The van der Waals surface area contributed by atoms with Crippen LogP contribution in [0.5, 0.6) is 0 Å². The molecule has 23 heavy (non-hydrogen) atoms. The van der Waals surface area contributed by atoms with Crippen molar-refractivity contribution in [3.63, 3.8) is 0 Å². The van der Waals surface area contributed by atoms with Crippen LogP contribution >= 0.6 is 7.60 Å². The van der Waals surface area contributed by atoms with Crippen LogP contribution in [0.25, 0.3) is 11.2 Å². The molecular weight excluding hydrogens is 329 g/mol. The van der Waals surface area contributed by atoms with Gasteiger partial charge in [-0.3, -0.25) is 4.57 Å². The van der Waals surface area contributed by atoms with E-state index in [1.807, 2.05) is 0 Å². The predicted octanol–water partition coefficient (Wildman–Crippen LogP) is -1.27. The maximum absolute atomic E-state index is 10.8. The number of hydrogen-bond acceptors (Lipinski definition) is 9. The van der Waals surface area contributed by atoms with Crippen LogP contribution in [-0.2, 0) is 9.30 Å². The Hall–Kier alpha value is -2.11. The molecule has 3 atom stereocenters. The van der Waals surface area contributed by atoms with Crippen molar-refractivity contribution in [2.45, 2.75) is 24.9 Å². The van der Waals surface area contributed by atoms with E-state index in [0.29, 0.717) is 0 Å². The molecule has 1 saturated heterocycles. The Morgan fingerprint density at radius 1 is 1.35 bits per heavy atom. The first-order valence-corrected chi connectivity index (χ1v) is 8.15. The summed E-state index contributed by atoms with van der Waals surface area (Å²) in [5.74, 6) is 0.692. The van der Waals surface area contributed by atoms with Crippen molar-refractivity contribution in [1.82, 2.24) is 25.0 Å². The average molecular weight is 343 g/mol. The lowest BCUT2D eigenvalue weighted by molar-refractivity contribution is -0.0313. The molecule has 0 aromatic carbocycles. The normalized spacial score (nSPS) is 25.6. The summed E-state index contributed by atoms with van der Waals surface area (Å²) in [5, 5.41) is 17.8. The van der Waals surface area contributed by atoms with E-state index in [1.54, 1.807) is 0 Å². The molecule has 3 heterocycles. The number of aromatic nitrogens is 5. The molecule has 124 valence electrons. The lowest BCUT2D eigenvalue weighted by Crippen LogP contribution is -2.21. The third kappa shape index (κ3) is 3.16. The van der Waals surface area contributed by atoms with Crippen molar-refractivity contribution in [1.29, 1.82) is 0 Å². The van der Waals surface area contributed by atoms with Gasteiger partial charge in [-0.2, -0.15) is 14.6 Å². The van der Waals surface area contributed by atoms with Gasteiger partial charge in [0.1, 0.15) is 6.10 Å². The topological polar surface area (TPSA) is 196 Å². The van der Waals surface area contributed by atoms with Gasteiger partial charge in [-0.25, -0.2) is 0 Å². The molecule has 0 bridgehead atoms. The Morgan fingerprint density at radius 3 is 2.78 bits per heavy atom. The van der Waals surface area contributed by atoms with Crippen LogP contribution in [0.2, 0.25) is 0 Å². The zero-order valence-corrected chi connectivity index (χ0v) is 12.5. The number of hydrogen-bond donors (Lipinski definition) is 5. The molecule has 0 radical (unpaired) electrons. The minimum Gasteiger partial charge on any atom is -0.388 e. The van der Waals surface area contributed by atoms with Gasteiger partial charge in [0.05, 0.1) is 6.10 Å². The van der Waals surface area contributed by atoms with Gasteiger partial charge in [0.15, 0.2) is 23.2 Å². The quantitative estimate of drug-likeness (QED) is 0.416. The number of ether oxygens (including phenoxy) is 1. The standard InChI is InChI=1S/C10H14N7O5P/c11-7-6-8(14-10(12)13-7)17(16-15-6)9-5(18)3-4(22-9)1-2-23(19,20)21/h1-2,4-5,9,18H,3H2,(H2,19,20,21)(H4,11,12,13,14). The Labute approximate surface area is 128 Å². The van der Waals surface area contributed by atoms with Gasteiger partial charge in [-0.1, -0.05) is 5.21 Å². The number of anilines is 2. The molecule has 0 aliphatic carbocycles. The monoisotopic (exact) mass is 343 g/mol. The Morgan fingerprint density at radius 2 is 2.09 bits per heavy atom. The number of aliphatic hydroxyl groups is 1. The molecule has 1 aliphatic rings. The number of nitrogens with zero attached hydrogens (tertiary/aromatic N) is 5. The summed E-state index contributed by atoms with van der Waals surface area (Å²) in [7, 11) is -4.30. The SMILES string of the molecule is Nc1nc(N)c2nnn(C3OC(C=CP(=O)(O)O)CC3O)c2n1. The van der Waals surface area contributed by atoms with Gasteiger partial charge in [0.25, 0.3) is 0 Å². The van der Waals surface area contributed by atoms with Gasteiger partial charge >= 0.3 is 7.60 Å². The molecule has 3 unspecified atom stereocenters. The van der Waals surface area contributed by atoms with Crippen LogP contribution in [0, 0.1) is 0 Å². The summed E-state index contributed by atoms with van der Waals surface area (Å²) < 4.78 is 17.6. The highest BCUT2D eigenvalue weighted by molar-refractivity contribution is 7.55. The smallest absolute Gasteiger partial charge is 0.348 e. The van der Waals surface area contributed by atoms with Crippen LogP contribution < -0.4 is 11.5 Å². The zero-order chi connectivity index (χ0) is 16.8. The summed E-state index contributed by atoms with van der Waals surface area (Å²) in [4.78, 5) is 25.4.